The van der Waals surface area contributed by atoms with Crippen LogP contribution in [-0.2, 0) is 33.0 Å². The Kier molecular flexibility index (Phi) is 9.69. The van der Waals surface area contributed by atoms with Gasteiger partial charge in [0.1, 0.15) is 28.1 Å². The van der Waals surface area contributed by atoms with E-state index >= 15 is 8.78 Å². The molecule has 6 aromatic rings. The van der Waals surface area contributed by atoms with E-state index in [1.807, 2.05) is 0 Å². The van der Waals surface area contributed by atoms with E-state index in [2.05, 4.69) is 25.0 Å². The van der Waals surface area contributed by atoms with Crippen molar-refractivity contribution in [3.8, 4) is 16.9 Å². The molecule has 52 heavy (non-hydrogen) atoms. The van der Waals surface area contributed by atoms with E-state index in [9.17, 15) is 27.6 Å². The standard InChI is InChI=1S/C35H27F2N7O7S/c1-43-30-19-39-14-11-25(30)33(46)44(35(43)48)23-5-3-20(4-6-23)15-29(34(47)51-2)41-32(45)31-26(36)16-22(17-27(31)37)42-52(49,50)24-7-8-28(40-18-24)21-9-12-38-13-10-21/h3-14,16-19,29,42H,15H2,1-2H3,(H,41,45)/t29-/m0/s1. The van der Waals surface area contributed by atoms with Crippen molar-refractivity contribution in [1.82, 2.24) is 29.4 Å². The number of rotatable bonds is 10. The third-order valence-electron chi connectivity index (χ3n) is 8.04. The smallest absolute Gasteiger partial charge is 0.335 e. The number of amides is 1. The highest BCUT2D eigenvalue weighted by atomic mass is 32.2. The Bertz CT molecular complexity index is 2540. The molecule has 0 bridgehead atoms. The summed E-state index contributed by atoms with van der Waals surface area (Å²) in [7, 11) is -1.78. The molecule has 2 N–H and O–H groups in total. The van der Waals surface area contributed by atoms with Gasteiger partial charge in [0.05, 0.1) is 41.3 Å². The summed E-state index contributed by atoms with van der Waals surface area (Å²) >= 11 is 0. The number of sulfonamides is 1. The highest BCUT2D eigenvalue weighted by Gasteiger charge is 2.27. The van der Waals surface area contributed by atoms with Gasteiger partial charge in [0, 0.05) is 43.8 Å². The number of carbonyl (C=O) groups is 2. The molecular weight excluding hydrogens is 700 g/mol. The lowest BCUT2D eigenvalue weighted by molar-refractivity contribution is -0.142. The lowest BCUT2D eigenvalue weighted by atomic mass is 10.0. The number of aromatic nitrogens is 5. The summed E-state index contributed by atoms with van der Waals surface area (Å²) in [6, 6.07) is 13.3. The Morgan fingerprint density at radius 3 is 2.21 bits per heavy atom. The highest BCUT2D eigenvalue weighted by molar-refractivity contribution is 7.92. The van der Waals surface area contributed by atoms with Gasteiger partial charge in [-0.05, 0) is 60.2 Å². The molecule has 0 radical (unpaired) electrons. The predicted molar refractivity (Wildman–Crippen MR) is 184 cm³/mol. The van der Waals surface area contributed by atoms with Crippen LogP contribution in [0.15, 0.2) is 112 Å². The average molecular weight is 728 g/mol. The number of halogens is 2. The first kappa shape index (κ1) is 35.2. The Morgan fingerprint density at radius 2 is 1.58 bits per heavy atom. The number of nitrogens with one attached hydrogen (secondary N) is 2. The van der Waals surface area contributed by atoms with Crippen LogP contribution in [0.5, 0.6) is 0 Å². The maximum Gasteiger partial charge on any atom is 0.335 e. The normalized spacial score (nSPS) is 11.9. The molecule has 0 fully saturated rings. The van der Waals surface area contributed by atoms with Gasteiger partial charge in [0.25, 0.3) is 21.5 Å². The molecule has 0 unspecified atom stereocenters. The van der Waals surface area contributed by atoms with Crippen molar-refractivity contribution in [3.63, 3.8) is 0 Å². The number of anilines is 1. The molecule has 0 aliphatic carbocycles. The van der Waals surface area contributed by atoms with Crippen LogP contribution in [0.1, 0.15) is 15.9 Å². The molecule has 0 saturated heterocycles. The van der Waals surface area contributed by atoms with Gasteiger partial charge in [-0.2, -0.15) is 0 Å². The quantitative estimate of drug-likeness (QED) is 0.199. The van der Waals surface area contributed by atoms with Crippen LogP contribution in [-0.4, -0.2) is 57.5 Å². The molecule has 17 heteroatoms. The Labute approximate surface area is 293 Å². The largest absolute Gasteiger partial charge is 0.467 e. The van der Waals surface area contributed by atoms with E-state index in [4.69, 9.17) is 4.74 Å². The molecule has 264 valence electrons. The van der Waals surface area contributed by atoms with E-state index in [-0.39, 0.29) is 22.4 Å². The third-order valence-corrected chi connectivity index (χ3v) is 9.41. The molecule has 6 rings (SSSR count). The van der Waals surface area contributed by atoms with Crippen molar-refractivity contribution >= 4 is 38.5 Å². The van der Waals surface area contributed by atoms with Gasteiger partial charge in [-0.3, -0.25) is 33.8 Å². The maximum atomic E-state index is 15.2. The van der Waals surface area contributed by atoms with Crippen molar-refractivity contribution in [3.05, 3.63) is 141 Å². The minimum Gasteiger partial charge on any atom is -0.467 e. The summed E-state index contributed by atoms with van der Waals surface area (Å²) in [5.74, 6) is -5.06. The van der Waals surface area contributed by atoms with Gasteiger partial charge in [-0.25, -0.2) is 31.4 Å². The summed E-state index contributed by atoms with van der Waals surface area (Å²) in [4.78, 5) is 63.6. The number of hydrogen-bond acceptors (Lipinski definition) is 10. The summed E-state index contributed by atoms with van der Waals surface area (Å²) in [6.45, 7) is 0. The molecular formula is C35H27F2N7O7S. The third kappa shape index (κ3) is 7.02. The number of hydrogen-bond donors (Lipinski definition) is 2. The minimum absolute atomic E-state index is 0.204. The SMILES string of the molecule is COC(=O)[C@H](Cc1ccc(-n2c(=O)c3ccncc3n(C)c2=O)cc1)NC(=O)c1c(F)cc(NS(=O)(=O)c2ccc(-c3ccncc3)nc2)cc1F. The van der Waals surface area contributed by atoms with Crippen molar-refractivity contribution in [1.29, 1.82) is 0 Å². The van der Waals surface area contributed by atoms with E-state index in [0.717, 1.165) is 17.9 Å². The van der Waals surface area contributed by atoms with Crippen LogP contribution < -0.4 is 21.3 Å². The van der Waals surface area contributed by atoms with Crippen LogP contribution in [0.4, 0.5) is 14.5 Å². The van der Waals surface area contributed by atoms with Gasteiger partial charge < -0.3 is 10.1 Å². The van der Waals surface area contributed by atoms with Crippen molar-refractivity contribution in [2.75, 3.05) is 11.8 Å². The molecule has 4 aromatic heterocycles. The van der Waals surface area contributed by atoms with Crippen LogP contribution in [0.3, 0.4) is 0 Å². The second kappa shape index (κ2) is 14.3. The summed E-state index contributed by atoms with van der Waals surface area (Å²) in [5, 5.41) is 2.53. The van der Waals surface area contributed by atoms with Gasteiger partial charge >= 0.3 is 11.7 Å². The van der Waals surface area contributed by atoms with Gasteiger partial charge in [-0.15, -0.1) is 0 Å². The fourth-order valence-electron chi connectivity index (χ4n) is 5.40. The molecule has 4 heterocycles. The summed E-state index contributed by atoms with van der Waals surface area (Å²) < 4.78 is 65.4. The van der Waals surface area contributed by atoms with Crippen molar-refractivity contribution < 1.29 is 31.5 Å². The molecule has 14 nitrogen and oxygen atoms in total. The first-order valence-electron chi connectivity index (χ1n) is 15.3. The molecule has 0 aliphatic rings. The summed E-state index contributed by atoms with van der Waals surface area (Å²) in [5.41, 5.74) is -0.585. The minimum atomic E-state index is -4.34. The Balaban J connectivity index is 1.18. The Hall–Kier alpha value is -6.62. The predicted octanol–water partition coefficient (Wildman–Crippen LogP) is 3.13. The first-order valence-corrected chi connectivity index (χ1v) is 16.8. The van der Waals surface area contributed by atoms with Gasteiger partial charge in [0.2, 0.25) is 0 Å². The maximum absolute atomic E-state index is 15.2. The number of aryl methyl sites for hydroxylation is 1. The fraction of sp³-hybridized carbons (Fsp3) is 0.114. The van der Waals surface area contributed by atoms with Crippen molar-refractivity contribution in [2.45, 2.75) is 17.4 Å². The number of pyridine rings is 3. The molecule has 1 amide bonds. The first-order chi connectivity index (χ1) is 24.9. The monoisotopic (exact) mass is 727 g/mol. The lowest BCUT2D eigenvalue weighted by Crippen LogP contribution is -2.43. The number of methoxy groups -OCH3 is 1. The molecule has 2 aromatic carbocycles. The zero-order chi connectivity index (χ0) is 37.2. The fourth-order valence-corrected chi connectivity index (χ4v) is 6.39. The van der Waals surface area contributed by atoms with E-state index in [1.165, 1.54) is 66.5 Å². The second-order valence-corrected chi connectivity index (χ2v) is 13.0. The zero-order valence-electron chi connectivity index (χ0n) is 27.3. The van der Waals surface area contributed by atoms with Crippen LogP contribution in [0.25, 0.3) is 27.8 Å². The molecule has 0 aliphatic heterocycles. The van der Waals surface area contributed by atoms with E-state index < -0.39 is 62.1 Å². The number of fused-ring (bicyclic) bond motifs is 1. The Morgan fingerprint density at radius 1 is 0.904 bits per heavy atom. The van der Waals surface area contributed by atoms with Crippen molar-refractivity contribution in [2.24, 2.45) is 7.05 Å². The molecule has 0 spiro atoms. The van der Waals surface area contributed by atoms with Crippen LogP contribution >= 0.6 is 0 Å². The zero-order valence-corrected chi connectivity index (χ0v) is 28.1. The number of benzene rings is 2. The van der Waals surface area contributed by atoms with Gasteiger partial charge in [0.15, 0.2) is 0 Å². The topological polar surface area (TPSA) is 184 Å². The highest BCUT2D eigenvalue weighted by Crippen LogP contribution is 2.24. The van der Waals surface area contributed by atoms with Gasteiger partial charge in [-0.1, -0.05) is 12.1 Å². The van der Waals surface area contributed by atoms with Crippen LogP contribution in [0, 0.1) is 11.6 Å². The van der Waals surface area contributed by atoms with Crippen LogP contribution in [0.2, 0.25) is 0 Å². The van der Waals surface area contributed by atoms with E-state index in [1.54, 1.807) is 24.5 Å². The lowest BCUT2D eigenvalue weighted by Gasteiger charge is -2.18. The molecule has 1 atom stereocenters. The summed E-state index contributed by atoms with van der Waals surface area (Å²) in [6.07, 6.45) is 6.81. The number of carbonyl (C=O) groups excluding carboxylic acids is 2. The molecule has 0 saturated carbocycles. The second-order valence-electron chi connectivity index (χ2n) is 11.3. The van der Waals surface area contributed by atoms with E-state index in [0.29, 0.717) is 34.5 Å². The average Bonchev–Trinajstić information content (AvgIpc) is 3.14. The number of ether oxygens (including phenoxy) is 1. The number of nitrogens with zero attached hydrogens (tertiary/aromatic N) is 5. The number of esters is 1.